The number of ether oxygens (including phenoxy) is 2. The van der Waals surface area contributed by atoms with Crippen LogP contribution in [0.5, 0.6) is 5.88 Å². The van der Waals surface area contributed by atoms with E-state index in [2.05, 4.69) is 9.97 Å². The largest absolute Gasteiger partial charge is 0.470 e. The van der Waals surface area contributed by atoms with Crippen molar-refractivity contribution in [3.8, 4) is 5.88 Å². The minimum Gasteiger partial charge on any atom is -0.470 e. The molecule has 1 saturated heterocycles. The van der Waals surface area contributed by atoms with Gasteiger partial charge in [-0.3, -0.25) is 10.1 Å². The van der Waals surface area contributed by atoms with Gasteiger partial charge in [-0.15, -0.1) is 0 Å². The highest BCUT2D eigenvalue weighted by atomic mass is 35.5. The monoisotopic (exact) mass is 273 g/mol. The Hall–Kier alpha value is -1.47. The van der Waals surface area contributed by atoms with Gasteiger partial charge in [0.1, 0.15) is 12.8 Å². The Morgan fingerprint density at radius 2 is 2.44 bits per heavy atom. The zero-order valence-corrected chi connectivity index (χ0v) is 10.3. The molecule has 1 aromatic rings. The lowest BCUT2D eigenvalue weighted by atomic mass is 10.1. The van der Waals surface area contributed by atoms with Crippen molar-refractivity contribution in [2.24, 2.45) is 0 Å². The Bertz CT molecular complexity index is 437. The van der Waals surface area contributed by atoms with Gasteiger partial charge in [0.2, 0.25) is 5.28 Å². The molecule has 98 valence electrons. The van der Waals surface area contributed by atoms with Gasteiger partial charge in [0, 0.05) is 6.61 Å². The summed E-state index contributed by atoms with van der Waals surface area (Å²) in [6, 6.07) is 0. The average Bonchev–Trinajstić information content (AvgIpc) is 2.37. The predicted molar refractivity (Wildman–Crippen MR) is 62.8 cm³/mol. The Labute approximate surface area is 108 Å². The Morgan fingerprint density at radius 1 is 1.61 bits per heavy atom. The van der Waals surface area contributed by atoms with Crippen LogP contribution in [0.1, 0.15) is 19.3 Å². The third-order valence-electron chi connectivity index (χ3n) is 2.58. The SMILES string of the molecule is O=[N+]([O-])c1cnc(Cl)nc1OCC1CCCCO1. The van der Waals surface area contributed by atoms with Crippen molar-refractivity contribution in [2.45, 2.75) is 25.4 Å². The summed E-state index contributed by atoms with van der Waals surface area (Å²) >= 11 is 5.59. The molecule has 0 saturated carbocycles. The normalized spacial score (nSPS) is 19.5. The molecule has 0 N–H and O–H groups in total. The Balaban J connectivity index is 2.03. The van der Waals surface area contributed by atoms with E-state index in [1.807, 2.05) is 0 Å². The molecule has 2 heterocycles. The van der Waals surface area contributed by atoms with E-state index >= 15 is 0 Å². The summed E-state index contributed by atoms with van der Waals surface area (Å²) in [7, 11) is 0. The number of nitro groups is 1. The summed E-state index contributed by atoms with van der Waals surface area (Å²) in [4.78, 5) is 17.4. The van der Waals surface area contributed by atoms with E-state index in [0.29, 0.717) is 6.61 Å². The van der Waals surface area contributed by atoms with Crippen LogP contribution >= 0.6 is 11.6 Å². The van der Waals surface area contributed by atoms with Crippen molar-refractivity contribution in [1.29, 1.82) is 0 Å². The molecule has 0 aliphatic carbocycles. The van der Waals surface area contributed by atoms with E-state index in [1.165, 1.54) is 0 Å². The summed E-state index contributed by atoms with van der Waals surface area (Å²) in [5.41, 5.74) is -0.296. The molecule has 0 amide bonds. The molecular weight excluding hydrogens is 262 g/mol. The first kappa shape index (κ1) is 13.0. The van der Waals surface area contributed by atoms with Gasteiger partial charge in [-0.1, -0.05) is 0 Å². The maximum atomic E-state index is 10.8. The van der Waals surface area contributed by atoms with Crippen molar-refractivity contribution in [1.82, 2.24) is 9.97 Å². The molecule has 1 aliphatic rings. The van der Waals surface area contributed by atoms with Crippen molar-refractivity contribution in [3.63, 3.8) is 0 Å². The topological polar surface area (TPSA) is 87.4 Å². The van der Waals surface area contributed by atoms with Crippen LogP contribution in [0, 0.1) is 10.1 Å². The number of hydrogen-bond donors (Lipinski definition) is 0. The van der Waals surface area contributed by atoms with Crippen LogP contribution in [0.15, 0.2) is 6.20 Å². The second kappa shape index (κ2) is 5.92. The summed E-state index contributed by atoms with van der Waals surface area (Å²) < 4.78 is 10.8. The fourth-order valence-corrected chi connectivity index (χ4v) is 1.81. The molecule has 7 nitrogen and oxygen atoms in total. The zero-order valence-electron chi connectivity index (χ0n) is 9.54. The molecule has 1 fully saturated rings. The summed E-state index contributed by atoms with van der Waals surface area (Å²) in [5.74, 6) is -0.117. The molecule has 2 rings (SSSR count). The standard InChI is InChI=1S/C10H12ClN3O4/c11-10-12-5-8(14(15)16)9(13-10)18-6-7-3-1-2-4-17-7/h5,7H,1-4,6H2. The number of aromatic nitrogens is 2. The number of rotatable bonds is 4. The van der Waals surface area contributed by atoms with Gasteiger partial charge in [-0.25, -0.2) is 4.98 Å². The fourth-order valence-electron chi connectivity index (χ4n) is 1.68. The Kier molecular flexibility index (Phi) is 4.27. The van der Waals surface area contributed by atoms with Crippen LogP contribution in [0.25, 0.3) is 0 Å². The first-order valence-electron chi connectivity index (χ1n) is 5.58. The van der Waals surface area contributed by atoms with E-state index in [4.69, 9.17) is 21.1 Å². The van der Waals surface area contributed by atoms with Gasteiger partial charge in [0.05, 0.1) is 11.0 Å². The highest BCUT2D eigenvalue weighted by molar-refractivity contribution is 6.28. The molecule has 0 spiro atoms. The molecule has 1 unspecified atom stereocenters. The molecule has 0 radical (unpaired) electrons. The lowest BCUT2D eigenvalue weighted by Gasteiger charge is -2.22. The highest BCUT2D eigenvalue weighted by Crippen LogP contribution is 2.25. The van der Waals surface area contributed by atoms with Crippen molar-refractivity contribution in [2.75, 3.05) is 13.2 Å². The molecular formula is C10H12ClN3O4. The Morgan fingerprint density at radius 3 is 3.11 bits per heavy atom. The second-order valence-corrected chi connectivity index (χ2v) is 4.22. The molecule has 1 aliphatic heterocycles. The van der Waals surface area contributed by atoms with Crippen LogP contribution in [-0.4, -0.2) is 34.2 Å². The van der Waals surface area contributed by atoms with Crippen LogP contribution in [0.2, 0.25) is 5.28 Å². The molecule has 18 heavy (non-hydrogen) atoms. The van der Waals surface area contributed by atoms with Crippen molar-refractivity contribution in [3.05, 3.63) is 21.6 Å². The van der Waals surface area contributed by atoms with E-state index in [1.54, 1.807) is 0 Å². The quantitative estimate of drug-likeness (QED) is 0.473. The number of hydrogen-bond acceptors (Lipinski definition) is 6. The van der Waals surface area contributed by atoms with E-state index < -0.39 is 4.92 Å². The molecule has 8 heteroatoms. The van der Waals surface area contributed by atoms with Gasteiger partial charge in [0.15, 0.2) is 0 Å². The average molecular weight is 274 g/mol. The maximum absolute atomic E-state index is 10.8. The summed E-state index contributed by atoms with van der Waals surface area (Å²) in [6.07, 6.45) is 3.97. The number of halogens is 1. The third kappa shape index (κ3) is 3.27. The predicted octanol–water partition coefficient (Wildman–Crippen LogP) is 1.99. The van der Waals surface area contributed by atoms with Crippen molar-refractivity contribution >= 4 is 17.3 Å². The van der Waals surface area contributed by atoms with Gasteiger partial charge in [-0.2, -0.15) is 4.98 Å². The van der Waals surface area contributed by atoms with E-state index in [9.17, 15) is 10.1 Å². The van der Waals surface area contributed by atoms with Crippen LogP contribution < -0.4 is 4.74 Å². The molecule has 1 aromatic heterocycles. The smallest absolute Gasteiger partial charge is 0.349 e. The van der Waals surface area contributed by atoms with Gasteiger partial charge in [0.25, 0.3) is 5.88 Å². The molecule has 0 bridgehead atoms. The lowest BCUT2D eigenvalue weighted by molar-refractivity contribution is -0.386. The fraction of sp³-hybridized carbons (Fsp3) is 0.600. The minimum absolute atomic E-state index is 0.0490. The molecule has 1 atom stereocenters. The molecule has 0 aromatic carbocycles. The lowest BCUT2D eigenvalue weighted by Crippen LogP contribution is -2.26. The highest BCUT2D eigenvalue weighted by Gasteiger charge is 2.21. The summed E-state index contributed by atoms with van der Waals surface area (Å²) in [6.45, 7) is 0.925. The van der Waals surface area contributed by atoms with Gasteiger partial charge >= 0.3 is 5.69 Å². The van der Waals surface area contributed by atoms with Crippen LogP contribution in [-0.2, 0) is 4.74 Å². The van der Waals surface area contributed by atoms with Gasteiger partial charge in [-0.05, 0) is 30.9 Å². The maximum Gasteiger partial charge on any atom is 0.349 e. The van der Waals surface area contributed by atoms with Gasteiger partial charge < -0.3 is 9.47 Å². The van der Waals surface area contributed by atoms with Crippen molar-refractivity contribution < 1.29 is 14.4 Å². The first-order valence-corrected chi connectivity index (χ1v) is 5.96. The second-order valence-electron chi connectivity index (χ2n) is 3.89. The third-order valence-corrected chi connectivity index (χ3v) is 2.77. The number of nitrogens with zero attached hydrogens (tertiary/aromatic N) is 3. The zero-order chi connectivity index (χ0) is 13.0. The first-order chi connectivity index (χ1) is 8.66. The van der Waals surface area contributed by atoms with Crippen LogP contribution in [0.3, 0.4) is 0 Å². The van der Waals surface area contributed by atoms with E-state index in [0.717, 1.165) is 25.5 Å². The minimum atomic E-state index is -0.604. The van der Waals surface area contributed by atoms with E-state index in [-0.39, 0.29) is 29.6 Å². The summed E-state index contributed by atoms with van der Waals surface area (Å²) in [5, 5.41) is 10.7. The van der Waals surface area contributed by atoms with Crippen LogP contribution in [0.4, 0.5) is 5.69 Å².